The van der Waals surface area contributed by atoms with Crippen LogP contribution in [-0.2, 0) is 4.74 Å². The molecule has 0 amide bonds. The number of nitrogens with one attached hydrogen (secondary N) is 1. The first-order valence-electron chi connectivity index (χ1n) is 10.9. The van der Waals surface area contributed by atoms with Crippen LogP contribution in [0.25, 0.3) is 0 Å². The topological polar surface area (TPSA) is 43.3 Å². The number of halogens is 4. The zero-order valence-electron chi connectivity index (χ0n) is 18.2. The minimum atomic E-state index is -4.17. The summed E-state index contributed by atoms with van der Waals surface area (Å²) in [5.74, 6) is 0.808. The van der Waals surface area contributed by atoms with Gasteiger partial charge >= 0.3 is 6.18 Å². The van der Waals surface area contributed by atoms with E-state index in [-0.39, 0.29) is 29.5 Å². The van der Waals surface area contributed by atoms with Crippen molar-refractivity contribution in [1.29, 1.82) is 0 Å². The largest absolute Gasteiger partial charge is 0.403 e. The number of rotatable bonds is 4. The van der Waals surface area contributed by atoms with Crippen molar-refractivity contribution in [1.82, 2.24) is 20.0 Å². The van der Waals surface area contributed by atoms with Gasteiger partial charge in [0.25, 0.3) is 0 Å². The molecule has 1 aliphatic carbocycles. The van der Waals surface area contributed by atoms with E-state index in [0.717, 1.165) is 38.8 Å². The number of morpholine rings is 1. The van der Waals surface area contributed by atoms with E-state index >= 15 is 0 Å². The Hall–Kier alpha value is -0.330. The summed E-state index contributed by atoms with van der Waals surface area (Å²) >= 11 is 0. The third-order valence-corrected chi connectivity index (χ3v) is 6.89. The summed E-state index contributed by atoms with van der Waals surface area (Å²) in [6.45, 7) is 7.51. The summed E-state index contributed by atoms with van der Waals surface area (Å²) in [5, 5.41) is 3.57. The SMILES string of the molecule is CN=C(NCC1(N2CCOCC2)CCCCC1)N1CCN(C(C)C(F)(F)F)CC1.I. The third kappa shape index (κ3) is 6.35. The smallest absolute Gasteiger partial charge is 0.379 e. The number of ether oxygens (including phenoxy) is 1. The molecule has 30 heavy (non-hydrogen) atoms. The fraction of sp³-hybridized carbons (Fsp3) is 0.950. The number of guanidine groups is 1. The third-order valence-electron chi connectivity index (χ3n) is 6.89. The van der Waals surface area contributed by atoms with Gasteiger partial charge in [-0.25, -0.2) is 0 Å². The average Bonchev–Trinajstić information content (AvgIpc) is 2.75. The number of alkyl halides is 3. The van der Waals surface area contributed by atoms with Crippen molar-refractivity contribution in [3.63, 3.8) is 0 Å². The highest BCUT2D eigenvalue weighted by molar-refractivity contribution is 14.0. The van der Waals surface area contributed by atoms with E-state index in [4.69, 9.17) is 4.74 Å². The van der Waals surface area contributed by atoms with Crippen LogP contribution in [0, 0.1) is 0 Å². The molecular formula is C20H37F3IN5O. The second kappa shape index (κ2) is 11.5. The number of piperazine rings is 1. The number of aliphatic imine (C=N–C) groups is 1. The van der Waals surface area contributed by atoms with Crippen molar-refractivity contribution < 1.29 is 17.9 Å². The Kier molecular flexibility index (Phi) is 9.95. The first kappa shape index (κ1) is 25.9. The van der Waals surface area contributed by atoms with Crippen LogP contribution in [0.15, 0.2) is 4.99 Å². The fourth-order valence-corrected chi connectivity index (χ4v) is 4.96. The predicted octanol–water partition coefficient (Wildman–Crippen LogP) is 2.78. The molecule has 6 nitrogen and oxygen atoms in total. The normalized spacial score (nSPS) is 25.5. The Labute approximate surface area is 195 Å². The van der Waals surface area contributed by atoms with Gasteiger partial charge in [-0.05, 0) is 19.8 Å². The number of hydrogen-bond donors (Lipinski definition) is 1. The van der Waals surface area contributed by atoms with Gasteiger partial charge in [0.15, 0.2) is 5.96 Å². The molecule has 0 aromatic carbocycles. The molecule has 1 N–H and O–H groups in total. The number of nitrogens with zero attached hydrogens (tertiary/aromatic N) is 4. The lowest BCUT2D eigenvalue weighted by Gasteiger charge is -2.49. The van der Waals surface area contributed by atoms with Crippen LogP contribution in [0.3, 0.4) is 0 Å². The first-order chi connectivity index (χ1) is 13.9. The summed E-state index contributed by atoms with van der Waals surface area (Å²) in [4.78, 5) is 10.6. The van der Waals surface area contributed by atoms with Gasteiger partial charge in [0, 0.05) is 58.4 Å². The summed E-state index contributed by atoms with van der Waals surface area (Å²) < 4.78 is 44.5. The molecule has 2 saturated heterocycles. The van der Waals surface area contributed by atoms with Crippen LogP contribution in [0.4, 0.5) is 13.2 Å². The molecular weight excluding hydrogens is 510 g/mol. The van der Waals surface area contributed by atoms with Crippen LogP contribution < -0.4 is 5.32 Å². The minimum absolute atomic E-state index is 0. The summed E-state index contributed by atoms with van der Waals surface area (Å²) in [7, 11) is 1.76. The van der Waals surface area contributed by atoms with Gasteiger partial charge in [0.2, 0.25) is 0 Å². The highest BCUT2D eigenvalue weighted by Gasteiger charge is 2.42. The van der Waals surface area contributed by atoms with Crippen molar-refractivity contribution in [2.75, 3.05) is 66.1 Å². The van der Waals surface area contributed by atoms with E-state index in [1.807, 2.05) is 0 Å². The van der Waals surface area contributed by atoms with E-state index in [9.17, 15) is 13.2 Å². The lowest BCUT2D eigenvalue weighted by atomic mass is 9.79. The van der Waals surface area contributed by atoms with Gasteiger partial charge in [-0.15, -0.1) is 24.0 Å². The molecule has 0 spiro atoms. The molecule has 1 saturated carbocycles. The molecule has 1 atom stereocenters. The molecule has 2 aliphatic heterocycles. The molecule has 0 radical (unpaired) electrons. The standard InChI is InChI=1S/C20H36F3N5O.HI/c1-17(20(21,22)23)26-8-10-27(11-9-26)18(24-2)25-16-19(6-4-3-5-7-19)28-12-14-29-15-13-28;/h17H,3-16H2,1-2H3,(H,24,25);1H. The minimum Gasteiger partial charge on any atom is -0.379 e. The van der Waals surface area contributed by atoms with Crippen LogP contribution in [0.1, 0.15) is 39.0 Å². The van der Waals surface area contributed by atoms with E-state index in [1.165, 1.54) is 43.9 Å². The molecule has 0 aromatic rings. The number of hydrogen-bond acceptors (Lipinski definition) is 4. The van der Waals surface area contributed by atoms with Crippen LogP contribution in [0.5, 0.6) is 0 Å². The molecule has 3 fully saturated rings. The predicted molar refractivity (Wildman–Crippen MR) is 124 cm³/mol. The molecule has 10 heteroatoms. The molecule has 0 aromatic heterocycles. The monoisotopic (exact) mass is 547 g/mol. The van der Waals surface area contributed by atoms with Gasteiger partial charge in [0.05, 0.1) is 13.2 Å². The van der Waals surface area contributed by atoms with Crippen LogP contribution in [-0.4, -0.2) is 104 Å². The van der Waals surface area contributed by atoms with E-state index in [2.05, 4.69) is 20.1 Å². The van der Waals surface area contributed by atoms with E-state index < -0.39 is 12.2 Å². The van der Waals surface area contributed by atoms with Crippen molar-refractivity contribution >= 4 is 29.9 Å². The average molecular weight is 547 g/mol. The Bertz CT molecular complexity index is 543. The first-order valence-corrected chi connectivity index (χ1v) is 10.9. The molecule has 3 rings (SSSR count). The second-order valence-corrected chi connectivity index (χ2v) is 8.53. The van der Waals surface area contributed by atoms with Crippen molar-refractivity contribution in [2.24, 2.45) is 4.99 Å². The molecule has 176 valence electrons. The summed E-state index contributed by atoms with van der Waals surface area (Å²) in [5.41, 5.74) is 0.130. The van der Waals surface area contributed by atoms with Gasteiger partial charge in [-0.3, -0.25) is 14.8 Å². The molecule has 1 unspecified atom stereocenters. The van der Waals surface area contributed by atoms with Crippen LogP contribution >= 0.6 is 24.0 Å². The van der Waals surface area contributed by atoms with Crippen LogP contribution in [0.2, 0.25) is 0 Å². The lowest BCUT2D eigenvalue weighted by Crippen LogP contribution is -2.62. The van der Waals surface area contributed by atoms with Gasteiger partial charge in [-0.2, -0.15) is 13.2 Å². The second-order valence-electron chi connectivity index (χ2n) is 8.53. The van der Waals surface area contributed by atoms with E-state index in [0.29, 0.717) is 26.2 Å². The van der Waals surface area contributed by atoms with Gasteiger partial charge < -0.3 is 15.0 Å². The summed E-state index contributed by atoms with van der Waals surface area (Å²) in [6, 6.07) is -1.40. The Morgan fingerprint density at radius 1 is 1.03 bits per heavy atom. The summed E-state index contributed by atoms with van der Waals surface area (Å²) in [6.07, 6.45) is 1.95. The van der Waals surface area contributed by atoms with Crippen molar-refractivity contribution in [2.45, 2.75) is 56.8 Å². The van der Waals surface area contributed by atoms with Crippen molar-refractivity contribution in [3.8, 4) is 0 Å². The lowest BCUT2D eigenvalue weighted by molar-refractivity contribution is -0.181. The van der Waals surface area contributed by atoms with Gasteiger partial charge in [0.1, 0.15) is 6.04 Å². The molecule has 2 heterocycles. The zero-order chi connectivity index (χ0) is 20.9. The van der Waals surface area contributed by atoms with Crippen molar-refractivity contribution in [3.05, 3.63) is 0 Å². The fourth-order valence-electron chi connectivity index (χ4n) is 4.96. The Morgan fingerprint density at radius 3 is 2.17 bits per heavy atom. The highest BCUT2D eigenvalue weighted by atomic mass is 127. The maximum Gasteiger partial charge on any atom is 0.403 e. The highest BCUT2D eigenvalue weighted by Crippen LogP contribution is 2.34. The zero-order valence-corrected chi connectivity index (χ0v) is 20.5. The Morgan fingerprint density at radius 2 is 1.63 bits per heavy atom. The Balaban J connectivity index is 0.00000320. The van der Waals surface area contributed by atoms with E-state index in [1.54, 1.807) is 7.05 Å². The molecule has 3 aliphatic rings. The maximum absolute atomic E-state index is 13.0. The maximum atomic E-state index is 13.0. The quantitative estimate of drug-likeness (QED) is 0.333. The molecule has 0 bridgehead atoms. The van der Waals surface area contributed by atoms with Gasteiger partial charge in [-0.1, -0.05) is 19.3 Å².